The monoisotopic (exact) mass is 463 g/mol. The number of hydrogen-bond donors (Lipinski definition) is 2. The van der Waals surface area contributed by atoms with Crippen molar-refractivity contribution in [1.29, 1.82) is 0 Å². The van der Waals surface area contributed by atoms with Gasteiger partial charge in [0.05, 0.1) is 19.3 Å². The maximum absolute atomic E-state index is 13.6. The normalized spacial score (nSPS) is 20.0. The molecule has 0 radical (unpaired) electrons. The lowest BCUT2D eigenvalue weighted by atomic mass is 9.71. The first-order valence-corrected chi connectivity index (χ1v) is 11.3. The van der Waals surface area contributed by atoms with Crippen LogP contribution < -0.4 is 10.1 Å². The molecule has 0 amide bonds. The van der Waals surface area contributed by atoms with Crippen LogP contribution in [0.4, 0.5) is 0 Å². The number of esters is 1. The summed E-state index contributed by atoms with van der Waals surface area (Å²) in [7, 11) is 3.16. The van der Waals surface area contributed by atoms with Crippen molar-refractivity contribution in [2.45, 2.75) is 31.6 Å². The van der Waals surface area contributed by atoms with Crippen LogP contribution in [-0.4, -0.2) is 44.3 Å². The zero-order chi connectivity index (χ0) is 24.2. The van der Waals surface area contributed by atoms with Crippen LogP contribution in [0, 0.1) is 0 Å². The number of dihydropyridines is 1. The smallest absolute Gasteiger partial charge is 0.336 e. The number of benzene rings is 2. The highest BCUT2D eigenvalue weighted by Gasteiger charge is 2.41. The van der Waals surface area contributed by atoms with E-state index in [1.54, 1.807) is 25.3 Å². The summed E-state index contributed by atoms with van der Waals surface area (Å²) < 4.78 is 16.0. The molecule has 1 heterocycles. The van der Waals surface area contributed by atoms with Crippen molar-refractivity contribution >= 4 is 11.8 Å². The fraction of sp³-hybridized carbons (Fsp3) is 0.333. The number of nitrogens with one attached hydrogen (secondary N) is 1. The first-order chi connectivity index (χ1) is 16.4. The standard InChI is InChI=1S/C27H29NO6/c1-16-24(27(31)34-12-11-32-2)25(17-7-6-8-19(29)13-17)26-21(28-16)14-18(15-22(26)30)20-9-4-5-10-23(20)33-3/h4-10,13,18,25,28-29H,11-12,14-15H2,1-3H3/t18-,25+/m0/s1. The van der Waals surface area contributed by atoms with E-state index in [2.05, 4.69) is 5.32 Å². The van der Waals surface area contributed by atoms with Crippen LogP contribution in [0.25, 0.3) is 0 Å². The van der Waals surface area contributed by atoms with Crippen molar-refractivity contribution in [2.24, 2.45) is 0 Å². The molecule has 0 spiro atoms. The lowest BCUT2D eigenvalue weighted by molar-refractivity contribution is -0.140. The number of hydrogen-bond acceptors (Lipinski definition) is 7. The number of phenols is 1. The largest absolute Gasteiger partial charge is 0.508 e. The Kier molecular flexibility index (Phi) is 7.03. The number of carbonyl (C=O) groups is 2. The summed E-state index contributed by atoms with van der Waals surface area (Å²) in [6.45, 7) is 2.19. The minimum atomic E-state index is -0.635. The number of para-hydroxylation sites is 1. The summed E-state index contributed by atoms with van der Waals surface area (Å²) in [6.07, 6.45) is 0.890. The molecule has 7 nitrogen and oxygen atoms in total. The molecule has 4 rings (SSSR count). The van der Waals surface area contributed by atoms with Crippen LogP contribution in [0.3, 0.4) is 0 Å². The Hall–Kier alpha value is -3.58. The predicted molar refractivity (Wildman–Crippen MR) is 127 cm³/mol. The molecule has 0 unspecified atom stereocenters. The first kappa shape index (κ1) is 23.6. The van der Waals surface area contributed by atoms with E-state index in [4.69, 9.17) is 14.2 Å². The maximum atomic E-state index is 13.6. The average molecular weight is 464 g/mol. The van der Waals surface area contributed by atoms with Gasteiger partial charge in [0.15, 0.2) is 5.78 Å². The second-order valence-electron chi connectivity index (χ2n) is 8.48. The number of carbonyl (C=O) groups excluding carboxylic acids is 2. The summed E-state index contributed by atoms with van der Waals surface area (Å²) in [5.41, 5.74) is 3.96. The Bertz CT molecular complexity index is 1170. The maximum Gasteiger partial charge on any atom is 0.336 e. The lowest BCUT2D eigenvalue weighted by Crippen LogP contribution is -2.36. The Balaban J connectivity index is 1.76. The van der Waals surface area contributed by atoms with E-state index in [-0.39, 0.29) is 30.7 Å². The van der Waals surface area contributed by atoms with E-state index >= 15 is 0 Å². The van der Waals surface area contributed by atoms with Gasteiger partial charge in [0.25, 0.3) is 0 Å². The van der Waals surface area contributed by atoms with E-state index in [0.29, 0.717) is 35.2 Å². The number of Topliss-reactive ketones (excluding diaryl/α,β-unsaturated/α-hetero) is 1. The minimum Gasteiger partial charge on any atom is -0.508 e. The minimum absolute atomic E-state index is 0.0484. The van der Waals surface area contributed by atoms with E-state index < -0.39 is 11.9 Å². The number of ether oxygens (including phenoxy) is 3. The molecular formula is C27H29NO6. The molecule has 1 aliphatic carbocycles. The molecule has 2 atom stereocenters. The Labute approximate surface area is 199 Å². The van der Waals surface area contributed by atoms with Crippen molar-refractivity contribution in [3.63, 3.8) is 0 Å². The van der Waals surface area contributed by atoms with Crippen LogP contribution in [-0.2, 0) is 19.1 Å². The molecule has 2 aromatic rings. The molecule has 0 saturated carbocycles. The molecule has 7 heteroatoms. The Morgan fingerprint density at radius 2 is 1.88 bits per heavy atom. The van der Waals surface area contributed by atoms with E-state index in [1.807, 2.05) is 37.3 Å². The summed E-state index contributed by atoms with van der Waals surface area (Å²) in [6, 6.07) is 14.4. The molecule has 0 saturated heterocycles. The van der Waals surface area contributed by atoms with Gasteiger partial charge in [-0.05, 0) is 42.7 Å². The van der Waals surface area contributed by atoms with Gasteiger partial charge in [-0.25, -0.2) is 4.79 Å². The second-order valence-corrected chi connectivity index (χ2v) is 8.48. The summed E-state index contributed by atoms with van der Waals surface area (Å²) in [5.74, 6) is -0.431. The zero-order valence-electron chi connectivity index (χ0n) is 19.6. The summed E-state index contributed by atoms with van der Waals surface area (Å²) in [4.78, 5) is 26.7. The van der Waals surface area contributed by atoms with Crippen molar-refractivity contribution in [2.75, 3.05) is 27.4 Å². The van der Waals surface area contributed by atoms with Gasteiger partial charge in [-0.1, -0.05) is 30.3 Å². The number of rotatable bonds is 7. The van der Waals surface area contributed by atoms with Gasteiger partial charge in [-0.2, -0.15) is 0 Å². The zero-order valence-corrected chi connectivity index (χ0v) is 19.6. The molecule has 2 N–H and O–H groups in total. The quantitative estimate of drug-likeness (QED) is 0.474. The SMILES string of the molecule is COCCOC(=O)C1=C(C)NC2=C(C(=O)C[C@@H](c3ccccc3OC)C2)[C@@H]1c1cccc(O)c1. The van der Waals surface area contributed by atoms with E-state index in [1.165, 1.54) is 7.11 Å². The molecule has 0 aromatic heterocycles. The highest BCUT2D eigenvalue weighted by molar-refractivity contribution is 6.04. The van der Waals surface area contributed by atoms with Gasteiger partial charge in [0.2, 0.25) is 0 Å². The molecule has 2 aliphatic rings. The van der Waals surface area contributed by atoms with Gasteiger partial charge in [-0.15, -0.1) is 0 Å². The molecule has 178 valence electrons. The summed E-state index contributed by atoms with van der Waals surface area (Å²) >= 11 is 0. The van der Waals surface area contributed by atoms with Crippen molar-refractivity contribution in [1.82, 2.24) is 5.32 Å². The van der Waals surface area contributed by atoms with Crippen LogP contribution in [0.2, 0.25) is 0 Å². The first-order valence-electron chi connectivity index (χ1n) is 11.3. The fourth-order valence-electron chi connectivity index (χ4n) is 4.87. The molecule has 2 aromatic carbocycles. The van der Waals surface area contributed by atoms with Crippen LogP contribution in [0.15, 0.2) is 71.1 Å². The average Bonchev–Trinajstić information content (AvgIpc) is 2.83. The molecule has 1 aliphatic heterocycles. The second kappa shape index (κ2) is 10.1. The molecule has 34 heavy (non-hydrogen) atoms. The topological polar surface area (TPSA) is 94.1 Å². The highest BCUT2D eigenvalue weighted by atomic mass is 16.6. The third kappa shape index (κ3) is 4.56. The van der Waals surface area contributed by atoms with Crippen LogP contribution in [0.5, 0.6) is 11.5 Å². The van der Waals surface area contributed by atoms with Crippen LogP contribution in [0.1, 0.15) is 42.7 Å². The van der Waals surface area contributed by atoms with E-state index in [0.717, 1.165) is 17.0 Å². The van der Waals surface area contributed by atoms with Crippen molar-refractivity contribution < 1.29 is 28.9 Å². The Morgan fingerprint density at radius 3 is 2.62 bits per heavy atom. The van der Waals surface area contributed by atoms with E-state index in [9.17, 15) is 14.7 Å². The number of methoxy groups -OCH3 is 2. The van der Waals surface area contributed by atoms with Crippen molar-refractivity contribution in [3.05, 3.63) is 82.2 Å². The highest BCUT2D eigenvalue weighted by Crippen LogP contribution is 2.47. The number of allylic oxidation sites excluding steroid dienone is 3. The lowest BCUT2D eigenvalue weighted by Gasteiger charge is -2.37. The predicted octanol–water partition coefficient (Wildman–Crippen LogP) is 3.95. The van der Waals surface area contributed by atoms with Crippen molar-refractivity contribution in [3.8, 4) is 11.5 Å². The Morgan fingerprint density at radius 1 is 1.09 bits per heavy atom. The van der Waals surface area contributed by atoms with Gasteiger partial charge < -0.3 is 24.6 Å². The molecule has 0 bridgehead atoms. The number of aromatic hydroxyl groups is 1. The van der Waals surface area contributed by atoms with Gasteiger partial charge >= 0.3 is 5.97 Å². The fourth-order valence-corrected chi connectivity index (χ4v) is 4.87. The van der Waals surface area contributed by atoms with Gasteiger partial charge in [0.1, 0.15) is 18.1 Å². The van der Waals surface area contributed by atoms with Gasteiger partial charge in [0, 0.05) is 42.3 Å². The molecule has 0 fully saturated rings. The summed E-state index contributed by atoms with van der Waals surface area (Å²) in [5, 5.41) is 13.5. The third-order valence-electron chi connectivity index (χ3n) is 6.35. The third-order valence-corrected chi connectivity index (χ3v) is 6.35. The molecular weight excluding hydrogens is 434 g/mol. The number of ketones is 1. The van der Waals surface area contributed by atoms with Gasteiger partial charge in [-0.3, -0.25) is 4.79 Å². The number of phenolic OH excluding ortho intramolecular Hbond substituents is 1. The van der Waals surface area contributed by atoms with Crippen LogP contribution >= 0.6 is 0 Å².